The van der Waals surface area contributed by atoms with Crippen molar-refractivity contribution in [1.82, 2.24) is 10.3 Å². The minimum atomic E-state index is 0.00943. The number of hydrogen-bond donors (Lipinski definition) is 2. The van der Waals surface area contributed by atoms with Crippen molar-refractivity contribution in [2.45, 2.75) is 56.8 Å². The second-order valence-corrected chi connectivity index (χ2v) is 9.22. The Morgan fingerprint density at radius 1 is 1.00 bits per heavy atom. The molecule has 1 saturated carbocycles. The Kier molecular flexibility index (Phi) is 6.28. The average Bonchev–Trinajstić information content (AvgIpc) is 3.19. The zero-order valence-electron chi connectivity index (χ0n) is 18.3. The Bertz CT molecular complexity index is 1100. The van der Waals surface area contributed by atoms with Crippen molar-refractivity contribution >= 4 is 34.1 Å². The lowest BCUT2D eigenvalue weighted by Crippen LogP contribution is -2.40. The molecule has 1 fully saturated rings. The van der Waals surface area contributed by atoms with Gasteiger partial charge in [0.05, 0.1) is 5.52 Å². The van der Waals surface area contributed by atoms with E-state index in [0.717, 1.165) is 59.7 Å². The molecule has 2 heterocycles. The van der Waals surface area contributed by atoms with E-state index in [1.807, 2.05) is 31.3 Å². The molecule has 2 aromatic carbocycles. The van der Waals surface area contributed by atoms with Crippen LogP contribution in [0.4, 0.5) is 5.69 Å². The van der Waals surface area contributed by atoms with Gasteiger partial charge in [0.15, 0.2) is 5.90 Å². The molecule has 5 nitrogen and oxygen atoms in total. The Morgan fingerprint density at radius 2 is 1.78 bits per heavy atom. The van der Waals surface area contributed by atoms with Gasteiger partial charge in [0.2, 0.25) is 0 Å². The first-order valence-electron chi connectivity index (χ1n) is 11.5. The monoisotopic (exact) mass is 448 g/mol. The third-order valence-electron chi connectivity index (χ3n) is 6.53. The fraction of sp³-hybridized carbons (Fsp3) is 0.385. The van der Waals surface area contributed by atoms with Crippen molar-refractivity contribution in [3.05, 3.63) is 71.4 Å². The maximum Gasteiger partial charge on any atom is 0.181 e. The van der Waals surface area contributed by atoms with E-state index in [4.69, 9.17) is 21.3 Å². The topological polar surface area (TPSA) is 58.5 Å². The summed E-state index contributed by atoms with van der Waals surface area (Å²) in [4.78, 5) is 9.19. The molecule has 1 aromatic heterocycles. The van der Waals surface area contributed by atoms with Crippen LogP contribution in [0.3, 0.4) is 0 Å². The first-order valence-corrected chi connectivity index (χ1v) is 11.8. The Morgan fingerprint density at radius 3 is 2.59 bits per heavy atom. The number of aromatic nitrogens is 1. The number of hydrogen-bond acceptors (Lipinski definition) is 5. The molecule has 3 aromatic rings. The van der Waals surface area contributed by atoms with Crippen LogP contribution in [0.15, 0.2) is 65.8 Å². The molecule has 0 spiro atoms. The highest BCUT2D eigenvalue weighted by Crippen LogP contribution is 2.30. The Balaban J connectivity index is 1.15. The van der Waals surface area contributed by atoms with Gasteiger partial charge in [-0.2, -0.15) is 0 Å². The molecule has 32 heavy (non-hydrogen) atoms. The quantitative estimate of drug-likeness (QED) is 0.503. The third-order valence-corrected chi connectivity index (χ3v) is 6.77. The molecule has 1 aliphatic heterocycles. The number of benzene rings is 2. The van der Waals surface area contributed by atoms with E-state index in [1.165, 1.54) is 5.56 Å². The number of ether oxygens (including phenoxy) is 1. The van der Waals surface area contributed by atoms with E-state index in [2.05, 4.69) is 52.0 Å². The molecule has 2 atom stereocenters. The Labute approximate surface area is 194 Å². The van der Waals surface area contributed by atoms with Crippen LogP contribution in [0.5, 0.6) is 0 Å². The predicted molar refractivity (Wildman–Crippen MR) is 132 cm³/mol. The minimum absolute atomic E-state index is 0.00943. The number of halogens is 1. The number of nitrogens with one attached hydrogen (secondary N) is 2. The van der Waals surface area contributed by atoms with Crippen molar-refractivity contribution in [2.75, 3.05) is 11.9 Å². The molecule has 0 amide bonds. The molecule has 1 aliphatic carbocycles. The highest BCUT2D eigenvalue weighted by Gasteiger charge is 2.31. The van der Waals surface area contributed by atoms with Gasteiger partial charge >= 0.3 is 0 Å². The lowest BCUT2D eigenvalue weighted by Gasteiger charge is -2.31. The van der Waals surface area contributed by atoms with Crippen molar-refractivity contribution in [3.63, 3.8) is 0 Å². The zero-order valence-corrected chi connectivity index (χ0v) is 19.1. The number of nitrogens with zero attached hydrogens (tertiary/aromatic N) is 2. The van der Waals surface area contributed by atoms with Crippen LogP contribution in [0.25, 0.3) is 10.9 Å². The van der Waals surface area contributed by atoms with Gasteiger partial charge in [-0.1, -0.05) is 41.9 Å². The summed E-state index contributed by atoms with van der Waals surface area (Å²) >= 11 is 6.12. The van der Waals surface area contributed by atoms with Crippen LogP contribution in [-0.2, 0) is 4.74 Å². The maximum atomic E-state index is 6.12. The largest absolute Gasteiger partial charge is 0.471 e. The van der Waals surface area contributed by atoms with E-state index in [0.29, 0.717) is 12.1 Å². The molecule has 5 rings (SSSR count). The SMILES string of the molecule is CC1=N[C@H](CNC2CCC(Nc3ccnc4cc(Cl)ccc34)CC2)[C@H](c2ccccc2)O1. The van der Waals surface area contributed by atoms with E-state index < -0.39 is 0 Å². The minimum Gasteiger partial charge on any atom is -0.471 e. The highest BCUT2D eigenvalue weighted by atomic mass is 35.5. The molecular weight excluding hydrogens is 420 g/mol. The van der Waals surface area contributed by atoms with Gasteiger partial charge in [0.25, 0.3) is 0 Å². The predicted octanol–water partition coefficient (Wildman–Crippen LogP) is 5.76. The number of fused-ring (bicyclic) bond motifs is 1. The van der Waals surface area contributed by atoms with Gasteiger partial charge in [-0.15, -0.1) is 0 Å². The average molecular weight is 449 g/mol. The number of aliphatic imine (C=N–C) groups is 1. The first-order chi connectivity index (χ1) is 15.7. The number of anilines is 1. The van der Waals surface area contributed by atoms with E-state index in [1.54, 1.807) is 0 Å². The summed E-state index contributed by atoms with van der Waals surface area (Å²) in [5.41, 5.74) is 3.26. The van der Waals surface area contributed by atoms with E-state index in [-0.39, 0.29) is 12.1 Å². The van der Waals surface area contributed by atoms with E-state index in [9.17, 15) is 0 Å². The molecule has 166 valence electrons. The van der Waals surface area contributed by atoms with Gasteiger partial charge in [-0.25, -0.2) is 4.99 Å². The summed E-state index contributed by atoms with van der Waals surface area (Å²) in [6.07, 6.45) is 6.44. The van der Waals surface area contributed by atoms with Crippen molar-refractivity contribution in [3.8, 4) is 0 Å². The third kappa shape index (κ3) is 4.74. The standard InChI is InChI=1S/C26H29ClN4O/c1-17-30-25(26(32-17)18-5-3-2-4-6-18)16-29-20-8-10-21(11-9-20)31-23-13-14-28-24-15-19(27)7-12-22(23)24/h2-7,12-15,20-21,25-26,29H,8-11,16H2,1H3,(H,28,31)/t20?,21?,25-,26+/m1/s1. The van der Waals surface area contributed by atoms with Crippen LogP contribution in [0.1, 0.15) is 44.3 Å². The summed E-state index contributed by atoms with van der Waals surface area (Å²) in [5, 5.41) is 9.35. The maximum absolute atomic E-state index is 6.12. The van der Waals surface area contributed by atoms with Crippen LogP contribution >= 0.6 is 11.6 Å². The molecule has 0 bridgehead atoms. The van der Waals surface area contributed by atoms with E-state index >= 15 is 0 Å². The second-order valence-electron chi connectivity index (χ2n) is 8.79. The van der Waals surface area contributed by atoms with Crippen LogP contribution in [0, 0.1) is 0 Å². The fourth-order valence-electron chi connectivity index (χ4n) is 4.88. The lowest BCUT2D eigenvalue weighted by molar-refractivity contribution is 0.188. The smallest absolute Gasteiger partial charge is 0.181 e. The zero-order chi connectivity index (χ0) is 21.9. The molecule has 2 N–H and O–H groups in total. The van der Waals surface area contributed by atoms with Gasteiger partial charge < -0.3 is 15.4 Å². The Hall–Kier alpha value is -2.63. The molecule has 0 unspecified atom stereocenters. The highest BCUT2D eigenvalue weighted by molar-refractivity contribution is 6.31. The van der Waals surface area contributed by atoms with Crippen molar-refractivity contribution in [2.24, 2.45) is 4.99 Å². The summed E-state index contributed by atoms with van der Waals surface area (Å²) in [6.45, 7) is 2.79. The fourth-order valence-corrected chi connectivity index (χ4v) is 5.04. The summed E-state index contributed by atoms with van der Waals surface area (Å²) in [6, 6.07) is 19.5. The molecule has 0 saturated heterocycles. The lowest BCUT2D eigenvalue weighted by atomic mass is 9.90. The van der Waals surface area contributed by atoms with Gasteiger partial charge in [0, 0.05) is 47.8 Å². The molecule has 6 heteroatoms. The number of rotatable bonds is 6. The van der Waals surface area contributed by atoms with Crippen LogP contribution in [-0.4, -0.2) is 35.6 Å². The van der Waals surface area contributed by atoms with Crippen molar-refractivity contribution < 1.29 is 4.74 Å². The first kappa shape index (κ1) is 21.2. The normalized spacial score (nSPS) is 25.4. The summed E-state index contributed by atoms with van der Waals surface area (Å²) in [5.74, 6) is 0.782. The molecule has 0 radical (unpaired) electrons. The van der Waals surface area contributed by atoms with Crippen LogP contribution < -0.4 is 10.6 Å². The van der Waals surface area contributed by atoms with Gasteiger partial charge in [0.1, 0.15) is 12.1 Å². The van der Waals surface area contributed by atoms with Crippen LogP contribution in [0.2, 0.25) is 5.02 Å². The second kappa shape index (κ2) is 9.47. The van der Waals surface area contributed by atoms with Crippen molar-refractivity contribution in [1.29, 1.82) is 0 Å². The molecular formula is C26H29ClN4O. The number of pyridine rings is 1. The summed E-state index contributed by atoms with van der Waals surface area (Å²) in [7, 11) is 0. The van der Waals surface area contributed by atoms with Gasteiger partial charge in [-0.05, 0) is 55.5 Å². The summed E-state index contributed by atoms with van der Waals surface area (Å²) < 4.78 is 6.01. The molecule has 2 aliphatic rings. The van der Waals surface area contributed by atoms with Gasteiger partial charge in [-0.3, -0.25) is 4.98 Å².